The van der Waals surface area contributed by atoms with E-state index >= 15 is 0 Å². The highest BCUT2D eigenvalue weighted by atomic mass is 16.6. The van der Waals surface area contributed by atoms with Gasteiger partial charge in [0.15, 0.2) is 12.1 Å². The van der Waals surface area contributed by atoms with Crippen molar-refractivity contribution < 1.29 is 24.2 Å². The Hall–Kier alpha value is -4.38. The van der Waals surface area contributed by atoms with E-state index in [2.05, 4.69) is 108 Å². The van der Waals surface area contributed by atoms with Crippen molar-refractivity contribution in [3.8, 4) is 0 Å². The van der Waals surface area contributed by atoms with Crippen LogP contribution >= 0.6 is 0 Å². The molecular weight excluding hydrogens is 811 g/mol. The van der Waals surface area contributed by atoms with E-state index in [4.69, 9.17) is 15.2 Å². The van der Waals surface area contributed by atoms with Crippen LogP contribution in [0.2, 0.25) is 0 Å². The summed E-state index contributed by atoms with van der Waals surface area (Å²) >= 11 is 0. The van der Waals surface area contributed by atoms with Gasteiger partial charge in [0.2, 0.25) is 0 Å². The number of methoxy groups -OCH3 is 1. The van der Waals surface area contributed by atoms with Crippen molar-refractivity contribution in [2.75, 3.05) is 13.7 Å². The van der Waals surface area contributed by atoms with Crippen LogP contribution in [0.15, 0.2) is 46.5 Å². The number of rotatable bonds is 21. The molecule has 5 heterocycles. The minimum atomic E-state index is -1.16. The first-order chi connectivity index (χ1) is 30.9. The number of nitrogens with one attached hydrogen (secondary N) is 4. The molecule has 0 aromatic carbocycles. The smallest absolute Gasteiger partial charge is 0.321 e. The summed E-state index contributed by atoms with van der Waals surface area (Å²) in [4.78, 5) is 35.6. The van der Waals surface area contributed by atoms with Crippen molar-refractivity contribution in [1.82, 2.24) is 20.6 Å². The van der Waals surface area contributed by atoms with Gasteiger partial charge in [-0.15, -0.1) is 0 Å². The average molecular weight is 892 g/mol. The van der Waals surface area contributed by atoms with Gasteiger partial charge in [0.25, 0.3) is 0 Å². The van der Waals surface area contributed by atoms with E-state index in [0.29, 0.717) is 36.3 Å². The molecule has 2 aromatic heterocycles. The second-order valence-electron chi connectivity index (χ2n) is 20.5. The standard InChI is InChI=1S/C55H81N5O5/c1-13-39-35(8)42-28-44-37(10)41(24-25-47(61)65-27-26-34(7)23-17-22-33(6)21-16-20-32(5)19-15-18-31(3)4)51(59-44)49-50(54(63)64-12)53(62)48-38(11)55(56,60-52(48)49)30-46-40(14-2)36(9)43(58-46)29-45(39)57-42/h13,26,28-33,37-38,41,47,50,57-61H,1,14-25,27,56H2,2-12H3/b34-26+,43-29-,44-28-,46-30-,51-49-/t32-,33-,37+,38-,41+,47?,50-,55+/m1/s1. The highest BCUT2D eigenvalue weighted by Crippen LogP contribution is 2.50. The lowest BCUT2D eigenvalue weighted by Gasteiger charge is -2.31. The van der Waals surface area contributed by atoms with Crippen molar-refractivity contribution in [3.05, 3.63) is 90.8 Å². The molecule has 0 radical (unpaired) electrons. The number of aromatic amines is 2. The van der Waals surface area contributed by atoms with Gasteiger partial charge in [-0.2, -0.15) is 0 Å². The van der Waals surface area contributed by atoms with Crippen LogP contribution in [0.1, 0.15) is 160 Å². The lowest BCUT2D eigenvalue weighted by Crippen LogP contribution is -2.54. The number of allylic oxidation sites excluding steroid dienone is 4. The fourth-order valence-corrected chi connectivity index (χ4v) is 10.9. The third-order valence-corrected chi connectivity index (χ3v) is 15.3. The minimum Gasteiger partial charge on any atom is -0.468 e. The quantitative estimate of drug-likeness (QED) is 0.0314. The molecule has 356 valence electrons. The van der Waals surface area contributed by atoms with Crippen LogP contribution in [0.5, 0.6) is 0 Å². The van der Waals surface area contributed by atoms with Gasteiger partial charge in [-0.3, -0.25) is 9.59 Å². The first-order valence-corrected chi connectivity index (χ1v) is 24.8. The normalized spacial score (nSPS) is 27.1. The van der Waals surface area contributed by atoms with Gasteiger partial charge in [0, 0.05) is 73.6 Å². The van der Waals surface area contributed by atoms with E-state index in [-0.39, 0.29) is 17.6 Å². The predicted octanol–water partition coefficient (Wildman–Crippen LogP) is 9.26. The third-order valence-electron chi connectivity index (χ3n) is 15.3. The molecule has 7 N–H and O–H groups in total. The number of nitrogens with two attached hydrogens (primary N) is 1. The summed E-state index contributed by atoms with van der Waals surface area (Å²) in [7, 11) is 1.32. The number of esters is 1. The number of hydrogen-bond donors (Lipinski definition) is 6. The van der Waals surface area contributed by atoms with Gasteiger partial charge in [-0.05, 0) is 106 Å². The molecule has 3 aliphatic heterocycles. The molecule has 6 rings (SSSR count). The van der Waals surface area contributed by atoms with Crippen LogP contribution in [0.4, 0.5) is 0 Å². The van der Waals surface area contributed by atoms with Gasteiger partial charge in [-0.1, -0.05) is 118 Å². The number of hydrogen-bond acceptors (Lipinski definition) is 8. The first kappa shape index (κ1) is 50.0. The summed E-state index contributed by atoms with van der Waals surface area (Å²) in [5.41, 5.74) is 17.0. The van der Waals surface area contributed by atoms with Crippen LogP contribution in [0.25, 0.3) is 24.3 Å². The van der Waals surface area contributed by atoms with E-state index < -0.39 is 29.8 Å². The fraction of sp³-hybridized carbons (Fsp3) is 0.600. The molecule has 0 spiro atoms. The monoisotopic (exact) mass is 892 g/mol. The molecule has 1 saturated heterocycles. The van der Waals surface area contributed by atoms with Crippen LogP contribution in [0, 0.1) is 55.3 Å². The van der Waals surface area contributed by atoms with E-state index in [9.17, 15) is 14.7 Å². The van der Waals surface area contributed by atoms with Gasteiger partial charge >= 0.3 is 5.97 Å². The Morgan fingerprint density at radius 3 is 2.26 bits per heavy atom. The highest BCUT2D eigenvalue weighted by molar-refractivity contribution is 6.16. The Kier molecular flexibility index (Phi) is 16.6. The van der Waals surface area contributed by atoms with Gasteiger partial charge in [0.1, 0.15) is 11.6 Å². The van der Waals surface area contributed by atoms with Crippen LogP contribution in [0.3, 0.4) is 0 Å². The number of carbonyl (C=O) groups is 2. The van der Waals surface area contributed by atoms with E-state index in [1.165, 1.54) is 57.6 Å². The summed E-state index contributed by atoms with van der Waals surface area (Å²) in [6, 6.07) is 0. The number of H-pyrrole nitrogens is 2. The molecule has 65 heavy (non-hydrogen) atoms. The molecule has 1 fully saturated rings. The van der Waals surface area contributed by atoms with Crippen LogP contribution in [-0.4, -0.2) is 52.5 Å². The molecule has 4 aliphatic rings. The Labute approximate surface area is 389 Å². The highest BCUT2D eigenvalue weighted by Gasteiger charge is 2.56. The molecule has 0 amide bonds. The zero-order valence-electron chi connectivity index (χ0n) is 41.6. The number of Topliss-reactive ketones (excluding diaryl/α,β-unsaturated/α-hetero) is 1. The number of ether oxygens (including phenoxy) is 2. The minimum absolute atomic E-state index is 0.0729. The lowest BCUT2D eigenvalue weighted by molar-refractivity contribution is -0.146. The topological polar surface area (TPSA) is 154 Å². The van der Waals surface area contributed by atoms with Crippen LogP contribution < -0.4 is 27.1 Å². The van der Waals surface area contributed by atoms with Gasteiger partial charge < -0.3 is 40.9 Å². The number of aliphatic hydroxyl groups excluding tert-OH is 1. The van der Waals surface area contributed by atoms with E-state index in [1.54, 1.807) is 0 Å². The SMILES string of the molecule is C=Cc1c2[nH]c(c1C)/C=C1\N/C(=C3\C4=C(C(=O)[C@@H]3C(=O)OC)[C@@H](C)[C@](N)(/C=c3\[nH]/c(c(C)c3CC)=C\2)N4)[C@@H](CCC(O)OC/C=C(\C)CCC[C@H](C)CCC[C@H](C)CCCC(C)C)[C@@H]1C. The molecule has 10 nitrogen and oxygen atoms in total. The molecule has 1 unspecified atom stereocenters. The number of aliphatic hydroxyl groups is 1. The second-order valence-corrected chi connectivity index (χ2v) is 20.5. The third kappa shape index (κ3) is 10.9. The summed E-state index contributed by atoms with van der Waals surface area (Å²) in [6.07, 6.45) is 22.3. The molecule has 1 aliphatic carbocycles. The van der Waals surface area contributed by atoms with Crippen molar-refractivity contribution in [2.24, 2.45) is 47.2 Å². The van der Waals surface area contributed by atoms with Crippen molar-refractivity contribution in [3.63, 3.8) is 0 Å². The maximum Gasteiger partial charge on any atom is 0.321 e. The van der Waals surface area contributed by atoms with Crippen LogP contribution in [-0.2, 0) is 25.5 Å². The lowest BCUT2D eigenvalue weighted by atomic mass is 9.83. The van der Waals surface area contributed by atoms with Crippen molar-refractivity contribution >= 4 is 36.1 Å². The number of carbonyl (C=O) groups excluding carboxylic acids is 2. The van der Waals surface area contributed by atoms with Crippen molar-refractivity contribution in [2.45, 2.75) is 158 Å². The molecule has 10 heteroatoms. The summed E-state index contributed by atoms with van der Waals surface area (Å²) in [5, 5.41) is 20.4. The van der Waals surface area contributed by atoms with Crippen molar-refractivity contribution in [1.29, 1.82) is 0 Å². The zero-order chi connectivity index (χ0) is 47.3. The average Bonchev–Trinajstić information content (AvgIpc) is 3.98. The largest absolute Gasteiger partial charge is 0.468 e. The Morgan fingerprint density at radius 2 is 1.62 bits per heavy atom. The summed E-state index contributed by atoms with van der Waals surface area (Å²) in [5.74, 6) is -0.441. The number of aromatic nitrogens is 2. The molecule has 8 atom stereocenters. The Bertz CT molecular complexity index is 2340. The predicted molar refractivity (Wildman–Crippen MR) is 265 cm³/mol. The second kappa shape index (κ2) is 21.5. The first-order valence-electron chi connectivity index (χ1n) is 24.8. The molecule has 2 aromatic rings. The maximum atomic E-state index is 14.5. The van der Waals surface area contributed by atoms with E-state index in [0.717, 1.165) is 92.8 Å². The fourth-order valence-electron chi connectivity index (χ4n) is 10.9. The molecule has 8 bridgehead atoms. The Morgan fingerprint density at radius 1 is 0.938 bits per heavy atom. The zero-order valence-corrected chi connectivity index (χ0v) is 41.6. The number of ketones is 1. The maximum absolute atomic E-state index is 14.5. The van der Waals surface area contributed by atoms with Gasteiger partial charge in [0.05, 0.1) is 13.7 Å². The summed E-state index contributed by atoms with van der Waals surface area (Å²) in [6.45, 7) is 26.5. The van der Waals surface area contributed by atoms with Gasteiger partial charge in [-0.25, -0.2) is 0 Å². The molecular formula is C55H81N5O5. The van der Waals surface area contributed by atoms with E-state index in [1.807, 2.05) is 19.1 Å². The Balaban J connectivity index is 1.21. The summed E-state index contributed by atoms with van der Waals surface area (Å²) < 4.78 is 11.3. The number of fused-ring (bicyclic) bond motifs is 7. The molecule has 0 saturated carbocycles.